The number of nitrogens with zero attached hydrogens (tertiary/aromatic N) is 2. The number of fused-ring (bicyclic) bond motifs is 14. The summed E-state index contributed by atoms with van der Waals surface area (Å²) < 4.78 is 0. The zero-order valence-electron chi connectivity index (χ0n) is 36.5. The summed E-state index contributed by atoms with van der Waals surface area (Å²) in [4.78, 5) is 10.5. The molecule has 1 aromatic heterocycles. The number of benzene rings is 11. The van der Waals surface area contributed by atoms with E-state index in [1.165, 1.54) is 93.5 Å². The Labute approximate surface area is 389 Å². The van der Waals surface area contributed by atoms with E-state index in [9.17, 15) is 0 Å². The first-order chi connectivity index (χ1) is 33.2. The van der Waals surface area contributed by atoms with Crippen LogP contribution in [-0.4, -0.2) is 9.97 Å². The van der Waals surface area contributed by atoms with Gasteiger partial charge in [0.05, 0.1) is 16.8 Å². The molecule has 14 rings (SSSR count). The second kappa shape index (κ2) is 14.7. The molecule has 11 aromatic carbocycles. The van der Waals surface area contributed by atoms with Crippen molar-refractivity contribution in [3.63, 3.8) is 0 Å². The van der Waals surface area contributed by atoms with Gasteiger partial charge in [0, 0.05) is 16.7 Å². The van der Waals surface area contributed by atoms with Gasteiger partial charge in [-0.2, -0.15) is 0 Å². The van der Waals surface area contributed by atoms with Gasteiger partial charge in [0.15, 0.2) is 5.82 Å². The fraction of sp³-hybridized carbons (Fsp3) is 0.0154. The molecule has 2 heteroatoms. The van der Waals surface area contributed by atoms with Crippen molar-refractivity contribution in [2.24, 2.45) is 0 Å². The SMILES string of the molecule is c1ccc(-c2nc(-c3ccc(-c4ccc(-c5c6ccccc6cc6c5ccc5ccccc56)cc4)cc3)cc(-c3ccc4c(c3)-c3ccccc3C43c4ccccc4-c4ccccc43)n2)cc1. The van der Waals surface area contributed by atoms with Crippen molar-refractivity contribution in [1.82, 2.24) is 9.97 Å². The van der Waals surface area contributed by atoms with Crippen LogP contribution < -0.4 is 0 Å². The molecule has 0 bridgehead atoms. The van der Waals surface area contributed by atoms with Crippen molar-refractivity contribution in [2.45, 2.75) is 5.41 Å². The van der Waals surface area contributed by atoms with Gasteiger partial charge in [-0.05, 0) is 117 Å². The summed E-state index contributed by atoms with van der Waals surface area (Å²) in [6.45, 7) is 0. The van der Waals surface area contributed by atoms with Crippen molar-refractivity contribution in [1.29, 1.82) is 0 Å². The Balaban J connectivity index is 0.851. The highest BCUT2D eigenvalue weighted by Gasteiger charge is 2.51. The number of rotatable bonds is 5. The van der Waals surface area contributed by atoms with E-state index in [2.05, 4.69) is 237 Å². The molecule has 1 spiro atoms. The van der Waals surface area contributed by atoms with Crippen LogP contribution >= 0.6 is 0 Å². The van der Waals surface area contributed by atoms with Crippen LogP contribution in [0.5, 0.6) is 0 Å². The van der Waals surface area contributed by atoms with Crippen LogP contribution in [0.3, 0.4) is 0 Å². The molecule has 0 amide bonds. The lowest BCUT2D eigenvalue weighted by Gasteiger charge is -2.30. The average Bonchev–Trinajstić information content (AvgIpc) is 3.87. The third-order valence-electron chi connectivity index (χ3n) is 14.5. The average molecular weight is 849 g/mol. The second-order valence-corrected chi connectivity index (χ2v) is 18.0. The van der Waals surface area contributed by atoms with Gasteiger partial charge in [-0.15, -0.1) is 0 Å². The number of aromatic nitrogens is 2. The highest BCUT2D eigenvalue weighted by molar-refractivity contribution is 6.20. The maximum absolute atomic E-state index is 5.28. The molecule has 0 atom stereocenters. The van der Waals surface area contributed by atoms with E-state index in [1.807, 2.05) is 6.07 Å². The van der Waals surface area contributed by atoms with Gasteiger partial charge in [-0.25, -0.2) is 9.97 Å². The second-order valence-electron chi connectivity index (χ2n) is 18.0. The van der Waals surface area contributed by atoms with Crippen LogP contribution in [0.1, 0.15) is 22.3 Å². The van der Waals surface area contributed by atoms with E-state index in [0.717, 1.165) is 33.6 Å². The first-order valence-corrected chi connectivity index (χ1v) is 23.1. The summed E-state index contributed by atoms with van der Waals surface area (Å²) in [6, 6.07) is 88.7. The number of hydrogen-bond donors (Lipinski definition) is 0. The Morgan fingerprint density at radius 1 is 0.254 bits per heavy atom. The van der Waals surface area contributed by atoms with Gasteiger partial charge < -0.3 is 0 Å². The highest BCUT2D eigenvalue weighted by Crippen LogP contribution is 2.63. The van der Waals surface area contributed by atoms with Gasteiger partial charge in [0.25, 0.3) is 0 Å². The van der Waals surface area contributed by atoms with E-state index in [0.29, 0.717) is 5.82 Å². The molecule has 0 radical (unpaired) electrons. The van der Waals surface area contributed by atoms with Gasteiger partial charge in [0.1, 0.15) is 0 Å². The molecule has 12 aromatic rings. The van der Waals surface area contributed by atoms with Crippen LogP contribution in [0, 0.1) is 0 Å². The van der Waals surface area contributed by atoms with E-state index < -0.39 is 0 Å². The predicted octanol–water partition coefficient (Wildman–Crippen LogP) is 16.6. The first kappa shape index (κ1) is 37.6. The van der Waals surface area contributed by atoms with Crippen molar-refractivity contribution in [3.8, 4) is 78.4 Å². The van der Waals surface area contributed by atoms with Gasteiger partial charge >= 0.3 is 0 Å². The Morgan fingerprint density at radius 3 is 1.42 bits per heavy atom. The minimum absolute atomic E-state index is 0.384. The molecule has 0 N–H and O–H groups in total. The Bertz CT molecular complexity index is 3910. The topological polar surface area (TPSA) is 25.8 Å². The lowest BCUT2D eigenvalue weighted by molar-refractivity contribution is 0.794. The highest BCUT2D eigenvalue weighted by atomic mass is 14.9. The molecule has 0 unspecified atom stereocenters. The summed E-state index contributed by atoms with van der Waals surface area (Å²) in [6.07, 6.45) is 0. The molecule has 0 fully saturated rings. The first-order valence-electron chi connectivity index (χ1n) is 23.1. The summed E-state index contributed by atoms with van der Waals surface area (Å²) in [5, 5.41) is 7.61. The Morgan fingerprint density at radius 2 is 0.746 bits per heavy atom. The molecule has 0 aliphatic heterocycles. The molecule has 67 heavy (non-hydrogen) atoms. The lowest BCUT2D eigenvalue weighted by Crippen LogP contribution is -2.25. The monoisotopic (exact) mass is 848 g/mol. The fourth-order valence-electron chi connectivity index (χ4n) is 11.5. The fourth-order valence-corrected chi connectivity index (χ4v) is 11.5. The summed E-state index contributed by atoms with van der Waals surface area (Å²) in [7, 11) is 0. The molecular weight excluding hydrogens is 809 g/mol. The molecule has 0 saturated heterocycles. The van der Waals surface area contributed by atoms with Crippen molar-refractivity contribution in [2.75, 3.05) is 0 Å². The third-order valence-corrected chi connectivity index (χ3v) is 14.5. The van der Waals surface area contributed by atoms with Crippen LogP contribution in [0.4, 0.5) is 0 Å². The van der Waals surface area contributed by atoms with E-state index >= 15 is 0 Å². The van der Waals surface area contributed by atoms with Gasteiger partial charge in [-0.3, -0.25) is 0 Å². The molecule has 1 heterocycles. The lowest BCUT2D eigenvalue weighted by atomic mass is 9.70. The summed E-state index contributed by atoms with van der Waals surface area (Å²) in [5.41, 5.74) is 19.8. The summed E-state index contributed by atoms with van der Waals surface area (Å²) >= 11 is 0. The zero-order chi connectivity index (χ0) is 44.1. The van der Waals surface area contributed by atoms with Crippen LogP contribution in [-0.2, 0) is 5.41 Å². The van der Waals surface area contributed by atoms with E-state index in [-0.39, 0.29) is 5.41 Å². The minimum atomic E-state index is -0.384. The Kier molecular flexibility index (Phi) is 8.23. The minimum Gasteiger partial charge on any atom is -0.228 e. The van der Waals surface area contributed by atoms with Crippen molar-refractivity contribution >= 4 is 32.3 Å². The van der Waals surface area contributed by atoms with Crippen molar-refractivity contribution in [3.05, 3.63) is 265 Å². The molecule has 0 saturated carbocycles. The molecule has 2 aliphatic carbocycles. The smallest absolute Gasteiger partial charge is 0.160 e. The summed E-state index contributed by atoms with van der Waals surface area (Å²) in [5.74, 6) is 0.706. The van der Waals surface area contributed by atoms with E-state index in [1.54, 1.807) is 0 Å². The maximum atomic E-state index is 5.28. The van der Waals surface area contributed by atoms with Crippen LogP contribution in [0.2, 0.25) is 0 Å². The van der Waals surface area contributed by atoms with Crippen LogP contribution in [0.15, 0.2) is 243 Å². The predicted molar refractivity (Wildman–Crippen MR) is 278 cm³/mol. The third kappa shape index (κ3) is 5.63. The molecule has 2 nitrogen and oxygen atoms in total. The molecule has 310 valence electrons. The van der Waals surface area contributed by atoms with Crippen LogP contribution in [0.25, 0.3) is 111 Å². The normalized spacial score (nSPS) is 12.9. The van der Waals surface area contributed by atoms with E-state index in [4.69, 9.17) is 9.97 Å². The largest absolute Gasteiger partial charge is 0.228 e. The Hall–Kier alpha value is -8.72. The standard InChI is InChI=1S/C65H40N2/c1-2-15-46(16-3-1)64-66-61(40-62(67-64)48-35-37-60-56(39-48)53-22-10-13-25-59(53)65(60)57-23-11-8-20-51(57)52-21-9-12-24-58(52)65)44-30-26-41(27-31-44)42-28-32-45(33-29-42)63-50-19-7-5-17-47(50)38-55-49-18-6-4-14-43(49)34-36-54(55)63/h1-40H. The van der Waals surface area contributed by atoms with Crippen molar-refractivity contribution < 1.29 is 0 Å². The molecular formula is C65H40N2. The maximum Gasteiger partial charge on any atom is 0.160 e. The number of hydrogen-bond acceptors (Lipinski definition) is 2. The quantitative estimate of drug-likeness (QED) is 0.127. The van der Waals surface area contributed by atoms with Gasteiger partial charge in [0.2, 0.25) is 0 Å². The van der Waals surface area contributed by atoms with Gasteiger partial charge in [-0.1, -0.05) is 224 Å². The molecule has 2 aliphatic rings. The zero-order valence-corrected chi connectivity index (χ0v) is 36.5.